The molecule has 1 aromatic rings. The number of nitrogens with one attached hydrogen (secondary N) is 1. The highest BCUT2D eigenvalue weighted by atomic mass is 16.2. The van der Waals surface area contributed by atoms with E-state index in [1.807, 2.05) is 25.1 Å². The second-order valence-electron chi connectivity index (χ2n) is 5.29. The van der Waals surface area contributed by atoms with Gasteiger partial charge in [-0.3, -0.25) is 14.6 Å². The number of piperazine rings is 1. The van der Waals surface area contributed by atoms with Gasteiger partial charge in [0.2, 0.25) is 11.8 Å². The van der Waals surface area contributed by atoms with Gasteiger partial charge < -0.3 is 10.2 Å². The molecule has 1 aromatic heterocycles. The maximum Gasteiger partial charge on any atom is 0.248 e. The van der Waals surface area contributed by atoms with E-state index in [0.29, 0.717) is 13.0 Å². The third kappa shape index (κ3) is 2.59. The van der Waals surface area contributed by atoms with Crippen molar-refractivity contribution in [2.45, 2.75) is 45.3 Å². The van der Waals surface area contributed by atoms with Crippen LogP contribution in [0.1, 0.15) is 32.9 Å². The van der Waals surface area contributed by atoms with Gasteiger partial charge in [-0.05, 0) is 32.4 Å². The summed E-state index contributed by atoms with van der Waals surface area (Å²) in [6.45, 7) is 5.73. The number of rotatable bonds is 3. The van der Waals surface area contributed by atoms with E-state index in [-0.39, 0.29) is 11.8 Å². The van der Waals surface area contributed by atoms with Crippen molar-refractivity contribution in [1.82, 2.24) is 15.2 Å². The normalized spacial score (nSPS) is 22.3. The number of nitrogens with zero attached hydrogens (tertiary/aromatic N) is 2. The molecule has 5 heteroatoms. The Morgan fingerprint density at radius 3 is 2.68 bits per heavy atom. The molecule has 0 aromatic carbocycles. The Labute approximate surface area is 113 Å². The van der Waals surface area contributed by atoms with E-state index in [1.54, 1.807) is 24.9 Å². The highest BCUT2D eigenvalue weighted by Crippen LogP contribution is 2.21. The number of hydrogen-bond donors (Lipinski definition) is 1. The van der Waals surface area contributed by atoms with Crippen molar-refractivity contribution < 1.29 is 9.59 Å². The molecule has 0 saturated carbocycles. The topological polar surface area (TPSA) is 62.3 Å². The summed E-state index contributed by atoms with van der Waals surface area (Å²) in [7, 11) is 0. The first-order valence-electron chi connectivity index (χ1n) is 6.48. The lowest BCUT2D eigenvalue weighted by Crippen LogP contribution is -2.67. The van der Waals surface area contributed by atoms with Crippen molar-refractivity contribution in [3.8, 4) is 0 Å². The van der Waals surface area contributed by atoms with Gasteiger partial charge in [-0.1, -0.05) is 13.0 Å². The van der Waals surface area contributed by atoms with Gasteiger partial charge >= 0.3 is 0 Å². The van der Waals surface area contributed by atoms with Crippen LogP contribution in [0.25, 0.3) is 0 Å². The maximum absolute atomic E-state index is 12.4. The van der Waals surface area contributed by atoms with Gasteiger partial charge in [-0.2, -0.15) is 0 Å². The fourth-order valence-electron chi connectivity index (χ4n) is 2.34. The number of pyridine rings is 1. The average Bonchev–Trinajstić information content (AvgIpc) is 2.37. The average molecular weight is 261 g/mol. The van der Waals surface area contributed by atoms with Crippen LogP contribution in [0.15, 0.2) is 24.4 Å². The molecule has 1 atom stereocenters. The van der Waals surface area contributed by atoms with E-state index in [0.717, 1.165) is 5.69 Å². The molecule has 1 aliphatic heterocycles. The summed E-state index contributed by atoms with van der Waals surface area (Å²) in [5.41, 5.74) is -0.0582. The van der Waals surface area contributed by atoms with Crippen molar-refractivity contribution in [1.29, 1.82) is 0 Å². The predicted octanol–water partition coefficient (Wildman–Crippen LogP) is 1.10. The quantitative estimate of drug-likeness (QED) is 0.886. The lowest BCUT2D eigenvalue weighted by Gasteiger charge is -2.42. The van der Waals surface area contributed by atoms with Crippen LogP contribution < -0.4 is 5.32 Å². The molecule has 1 saturated heterocycles. The minimum absolute atomic E-state index is 0.0652. The van der Waals surface area contributed by atoms with Crippen molar-refractivity contribution in [2.24, 2.45) is 0 Å². The molecule has 1 aliphatic rings. The molecule has 1 N–H and O–H groups in total. The van der Waals surface area contributed by atoms with Crippen LogP contribution >= 0.6 is 0 Å². The zero-order valence-electron chi connectivity index (χ0n) is 11.5. The van der Waals surface area contributed by atoms with Crippen molar-refractivity contribution in [2.75, 3.05) is 0 Å². The van der Waals surface area contributed by atoms with Crippen LogP contribution in [0.5, 0.6) is 0 Å². The number of amides is 2. The summed E-state index contributed by atoms with van der Waals surface area (Å²) in [5.74, 6) is -0.160. The van der Waals surface area contributed by atoms with Crippen LogP contribution in [-0.4, -0.2) is 33.3 Å². The summed E-state index contributed by atoms with van der Waals surface area (Å²) in [5, 5.41) is 2.77. The SMILES string of the molecule is CCC1C(=O)NC(C)(C)C(=O)N1Cc1ccccn1. The minimum Gasteiger partial charge on any atom is -0.340 e. The summed E-state index contributed by atoms with van der Waals surface area (Å²) in [4.78, 5) is 30.4. The monoisotopic (exact) mass is 261 g/mol. The highest BCUT2D eigenvalue weighted by Gasteiger charge is 2.44. The Hall–Kier alpha value is -1.91. The second kappa shape index (κ2) is 4.99. The van der Waals surface area contributed by atoms with Crippen molar-refractivity contribution >= 4 is 11.8 Å². The van der Waals surface area contributed by atoms with E-state index in [9.17, 15) is 9.59 Å². The fourth-order valence-corrected chi connectivity index (χ4v) is 2.34. The standard InChI is InChI=1S/C14H19N3O2/c1-4-11-12(18)16-14(2,3)13(19)17(11)9-10-7-5-6-8-15-10/h5-8,11H,4,9H2,1-3H3,(H,16,18). The molecular formula is C14H19N3O2. The molecule has 19 heavy (non-hydrogen) atoms. The third-order valence-corrected chi connectivity index (χ3v) is 3.36. The predicted molar refractivity (Wildman–Crippen MR) is 71.1 cm³/mol. The Balaban J connectivity index is 2.28. The van der Waals surface area contributed by atoms with E-state index in [2.05, 4.69) is 10.3 Å². The lowest BCUT2D eigenvalue weighted by atomic mass is 9.95. The second-order valence-corrected chi connectivity index (χ2v) is 5.29. The van der Waals surface area contributed by atoms with E-state index in [1.165, 1.54) is 0 Å². The van der Waals surface area contributed by atoms with Gasteiger partial charge in [0, 0.05) is 6.20 Å². The van der Waals surface area contributed by atoms with E-state index < -0.39 is 11.6 Å². The third-order valence-electron chi connectivity index (χ3n) is 3.36. The number of carbonyl (C=O) groups excluding carboxylic acids is 2. The molecule has 2 rings (SSSR count). The number of carbonyl (C=O) groups is 2. The molecule has 0 radical (unpaired) electrons. The molecule has 102 valence electrons. The van der Waals surface area contributed by atoms with Crippen LogP contribution in [0.2, 0.25) is 0 Å². The van der Waals surface area contributed by atoms with Gasteiger partial charge in [-0.15, -0.1) is 0 Å². The minimum atomic E-state index is -0.850. The summed E-state index contributed by atoms with van der Waals surface area (Å²) in [6, 6.07) is 5.15. The van der Waals surface area contributed by atoms with Gasteiger partial charge in [0.1, 0.15) is 11.6 Å². The smallest absolute Gasteiger partial charge is 0.248 e. The molecule has 0 bridgehead atoms. The van der Waals surface area contributed by atoms with Crippen molar-refractivity contribution in [3.63, 3.8) is 0 Å². The number of hydrogen-bond acceptors (Lipinski definition) is 3. The first-order valence-corrected chi connectivity index (χ1v) is 6.48. The summed E-state index contributed by atoms with van der Waals surface area (Å²) < 4.78 is 0. The fraction of sp³-hybridized carbons (Fsp3) is 0.500. The molecule has 2 heterocycles. The molecule has 2 amide bonds. The zero-order valence-corrected chi connectivity index (χ0v) is 11.5. The van der Waals surface area contributed by atoms with Crippen LogP contribution in [0, 0.1) is 0 Å². The van der Waals surface area contributed by atoms with Crippen LogP contribution in [0.3, 0.4) is 0 Å². The van der Waals surface area contributed by atoms with Crippen molar-refractivity contribution in [3.05, 3.63) is 30.1 Å². The number of aromatic nitrogens is 1. The molecular weight excluding hydrogens is 242 g/mol. The lowest BCUT2D eigenvalue weighted by molar-refractivity contribution is -0.154. The Morgan fingerprint density at radius 2 is 2.11 bits per heavy atom. The molecule has 5 nitrogen and oxygen atoms in total. The molecule has 0 spiro atoms. The Kier molecular flexibility index (Phi) is 3.55. The maximum atomic E-state index is 12.4. The van der Waals surface area contributed by atoms with Crippen LogP contribution in [-0.2, 0) is 16.1 Å². The first-order chi connectivity index (χ1) is 8.95. The van der Waals surface area contributed by atoms with Crippen LogP contribution in [0.4, 0.5) is 0 Å². The summed E-state index contributed by atoms with van der Waals surface area (Å²) in [6.07, 6.45) is 2.29. The van der Waals surface area contributed by atoms with Gasteiger partial charge in [0.25, 0.3) is 0 Å². The highest BCUT2D eigenvalue weighted by molar-refractivity contribution is 5.99. The van der Waals surface area contributed by atoms with Gasteiger partial charge in [0.15, 0.2) is 0 Å². The Bertz CT molecular complexity index is 485. The zero-order chi connectivity index (χ0) is 14.0. The van der Waals surface area contributed by atoms with E-state index >= 15 is 0 Å². The van der Waals surface area contributed by atoms with Gasteiger partial charge in [0.05, 0.1) is 12.2 Å². The Morgan fingerprint density at radius 1 is 1.37 bits per heavy atom. The largest absolute Gasteiger partial charge is 0.340 e. The van der Waals surface area contributed by atoms with Gasteiger partial charge in [-0.25, -0.2) is 0 Å². The summed E-state index contributed by atoms with van der Waals surface area (Å²) >= 11 is 0. The molecule has 0 aliphatic carbocycles. The molecule has 1 fully saturated rings. The first kappa shape index (κ1) is 13.5. The molecule has 1 unspecified atom stereocenters. The van der Waals surface area contributed by atoms with E-state index in [4.69, 9.17) is 0 Å².